The summed E-state index contributed by atoms with van der Waals surface area (Å²) < 4.78 is 1.88. The van der Waals surface area contributed by atoms with Gasteiger partial charge < -0.3 is 4.90 Å². The first kappa shape index (κ1) is 13.5. The Balaban J connectivity index is 1.52. The summed E-state index contributed by atoms with van der Waals surface area (Å²) in [5.74, 6) is 0.152. The minimum atomic E-state index is 0.152. The van der Waals surface area contributed by atoms with E-state index < -0.39 is 0 Å². The van der Waals surface area contributed by atoms with Crippen LogP contribution in [0.5, 0.6) is 0 Å². The molecule has 0 unspecified atom stereocenters. The van der Waals surface area contributed by atoms with Crippen molar-refractivity contribution in [3.05, 3.63) is 47.5 Å². The number of rotatable bonds is 2. The van der Waals surface area contributed by atoms with E-state index >= 15 is 0 Å². The molecular weight excluding hydrogens is 276 g/mol. The molecule has 1 aliphatic heterocycles. The molecule has 0 saturated carbocycles. The quantitative estimate of drug-likeness (QED) is 0.854. The molecule has 5 nitrogen and oxygen atoms in total. The van der Waals surface area contributed by atoms with Crippen molar-refractivity contribution in [3.8, 4) is 0 Å². The number of piperidine rings is 1. The van der Waals surface area contributed by atoms with E-state index in [0.717, 1.165) is 44.3 Å². The van der Waals surface area contributed by atoms with Gasteiger partial charge in [0.2, 0.25) is 0 Å². The zero-order valence-corrected chi connectivity index (χ0v) is 12.6. The summed E-state index contributed by atoms with van der Waals surface area (Å²) in [5, 5.41) is 4.22. The Bertz CT molecular complexity index is 680. The second-order valence-electron chi connectivity index (χ2n) is 6.26. The van der Waals surface area contributed by atoms with Crippen LogP contribution >= 0.6 is 0 Å². The van der Waals surface area contributed by atoms with E-state index in [1.54, 1.807) is 12.7 Å². The largest absolute Gasteiger partial charge is 0.337 e. The zero-order chi connectivity index (χ0) is 14.9. The summed E-state index contributed by atoms with van der Waals surface area (Å²) in [4.78, 5) is 18.8. The van der Waals surface area contributed by atoms with Gasteiger partial charge in [0.25, 0.3) is 5.91 Å². The van der Waals surface area contributed by atoms with E-state index in [9.17, 15) is 4.79 Å². The summed E-state index contributed by atoms with van der Waals surface area (Å²) in [6.45, 7) is 1.56. The van der Waals surface area contributed by atoms with Crippen molar-refractivity contribution in [2.75, 3.05) is 13.1 Å². The van der Waals surface area contributed by atoms with Gasteiger partial charge in [0.1, 0.15) is 12.7 Å². The zero-order valence-electron chi connectivity index (χ0n) is 12.6. The van der Waals surface area contributed by atoms with Crippen LogP contribution in [0.25, 0.3) is 0 Å². The highest BCUT2D eigenvalue weighted by atomic mass is 16.2. The third-order valence-electron chi connectivity index (χ3n) is 4.84. The first-order chi connectivity index (χ1) is 10.8. The number of aryl methyl sites for hydroxylation is 2. The SMILES string of the molecule is O=C(c1ccc2c(c1)CCC2)N1CCC[C@H](n2cncn2)C1. The molecule has 1 aliphatic carbocycles. The fourth-order valence-electron chi connectivity index (χ4n) is 3.65. The Morgan fingerprint density at radius 1 is 1.18 bits per heavy atom. The fraction of sp³-hybridized carbons (Fsp3) is 0.471. The maximum absolute atomic E-state index is 12.8. The molecule has 0 radical (unpaired) electrons. The molecule has 1 saturated heterocycles. The monoisotopic (exact) mass is 296 g/mol. The molecule has 2 aliphatic rings. The number of hydrogen-bond donors (Lipinski definition) is 0. The minimum absolute atomic E-state index is 0.152. The molecule has 5 heteroatoms. The van der Waals surface area contributed by atoms with Gasteiger partial charge in [0, 0.05) is 18.7 Å². The lowest BCUT2D eigenvalue weighted by Gasteiger charge is -2.32. The molecule has 0 bridgehead atoms. The van der Waals surface area contributed by atoms with E-state index in [4.69, 9.17) is 0 Å². The first-order valence-corrected chi connectivity index (χ1v) is 8.06. The Hall–Kier alpha value is -2.17. The predicted octanol–water partition coefficient (Wildman–Crippen LogP) is 2.24. The lowest BCUT2D eigenvalue weighted by molar-refractivity contribution is 0.0672. The van der Waals surface area contributed by atoms with Gasteiger partial charge >= 0.3 is 0 Å². The van der Waals surface area contributed by atoms with Gasteiger partial charge in [-0.1, -0.05) is 6.07 Å². The molecule has 1 atom stereocenters. The van der Waals surface area contributed by atoms with Crippen LogP contribution in [-0.4, -0.2) is 38.7 Å². The molecule has 1 amide bonds. The highest BCUT2D eigenvalue weighted by molar-refractivity contribution is 5.94. The van der Waals surface area contributed by atoms with Crippen molar-refractivity contribution in [2.24, 2.45) is 0 Å². The number of aromatic nitrogens is 3. The normalized spacial score (nSPS) is 20.9. The van der Waals surface area contributed by atoms with Crippen LogP contribution in [0.4, 0.5) is 0 Å². The van der Waals surface area contributed by atoms with Crippen LogP contribution in [0, 0.1) is 0 Å². The summed E-state index contributed by atoms with van der Waals surface area (Å²) in [7, 11) is 0. The van der Waals surface area contributed by atoms with Crippen LogP contribution in [0.15, 0.2) is 30.9 Å². The minimum Gasteiger partial charge on any atom is -0.337 e. The topological polar surface area (TPSA) is 51.0 Å². The summed E-state index contributed by atoms with van der Waals surface area (Å²) in [6, 6.07) is 6.47. The van der Waals surface area contributed by atoms with Gasteiger partial charge in [-0.15, -0.1) is 0 Å². The molecule has 2 aromatic rings. The van der Waals surface area contributed by atoms with Gasteiger partial charge in [0.05, 0.1) is 6.04 Å². The van der Waals surface area contributed by atoms with Gasteiger partial charge in [-0.2, -0.15) is 5.10 Å². The van der Waals surface area contributed by atoms with Gasteiger partial charge in [-0.3, -0.25) is 4.79 Å². The number of nitrogens with zero attached hydrogens (tertiary/aromatic N) is 4. The van der Waals surface area contributed by atoms with Crippen LogP contribution in [0.2, 0.25) is 0 Å². The second-order valence-corrected chi connectivity index (χ2v) is 6.26. The smallest absolute Gasteiger partial charge is 0.253 e. The molecule has 1 aromatic heterocycles. The Kier molecular flexibility index (Phi) is 3.41. The van der Waals surface area contributed by atoms with Crippen LogP contribution in [-0.2, 0) is 12.8 Å². The number of hydrogen-bond acceptors (Lipinski definition) is 3. The third kappa shape index (κ3) is 2.40. The van der Waals surface area contributed by atoms with E-state index in [1.807, 2.05) is 15.6 Å². The Morgan fingerprint density at radius 3 is 2.95 bits per heavy atom. The van der Waals surface area contributed by atoms with Gasteiger partial charge in [-0.25, -0.2) is 9.67 Å². The van der Waals surface area contributed by atoms with Crippen LogP contribution in [0.3, 0.4) is 0 Å². The molecule has 0 N–H and O–H groups in total. The number of carbonyl (C=O) groups is 1. The first-order valence-electron chi connectivity index (χ1n) is 8.06. The van der Waals surface area contributed by atoms with Crippen molar-refractivity contribution in [1.29, 1.82) is 0 Å². The van der Waals surface area contributed by atoms with E-state index in [1.165, 1.54) is 17.5 Å². The van der Waals surface area contributed by atoms with Crippen molar-refractivity contribution >= 4 is 5.91 Å². The highest BCUT2D eigenvalue weighted by Gasteiger charge is 2.26. The summed E-state index contributed by atoms with van der Waals surface area (Å²) in [5.41, 5.74) is 3.60. The van der Waals surface area contributed by atoms with Crippen molar-refractivity contribution in [1.82, 2.24) is 19.7 Å². The van der Waals surface area contributed by atoms with Crippen molar-refractivity contribution in [2.45, 2.75) is 38.1 Å². The lowest BCUT2D eigenvalue weighted by Crippen LogP contribution is -2.40. The van der Waals surface area contributed by atoms with Crippen molar-refractivity contribution in [3.63, 3.8) is 0 Å². The third-order valence-corrected chi connectivity index (χ3v) is 4.84. The molecule has 2 heterocycles. The number of carbonyl (C=O) groups excluding carboxylic acids is 1. The highest BCUT2D eigenvalue weighted by Crippen LogP contribution is 2.25. The van der Waals surface area contributed by atoms with Crippen LogP contribution in [0.1, 0.15) is 46.8 Å². The van der Waals surface area contributed by atoms with Gasteiger partial charge in [-0.05, 0) is 55.4 Å². The Labute approximate surface area is 130 Å². The van der Waals surface area contributed by atoms with E-state index in [2.05, 4.69) is 22.2 Å². The Morgan fingerprint density at radius 2 is 2.09 bits per heavy atom. The number of likely N-dealkylation sites (tertiary alicyclic amines) is 1. The summed E-state index contributed by atoms with van der Waals surface area (Å²) in [6.07, 6.45) is 8.85. The standard InChI is InChI=1S/C17H20N4O/c22-17(15-7-6-13-3-1-4-14(13)9-15)20-8-2-5-16(10-20)21-12-18-11-19-21/h6-7,9,11-12,16H,1-5,8,10H2/t16-/m0/s1. The number of benzene rings is 1. The maximum atomic E-state index is 12.8. The fourth-order valence-corrected chi connectivity index (χ4v) is 3.65. The summed E-state index contributed by atoms with van der Waals surface area (Å²) >= 11 is 0. The molecular formula is C17H20N4O. The molecule has 4 rings (SSSR count). The molecule has 1 fully saturated rings. The van der Waals surface area contributed by atoms with E-state index in [-0.39, 0.29) is 11.9 Å². The molecule has 22 heavy (non-hydrogen) atoms. The molecule has 114 valence electrons. The number of fused-ring (bicyclic) bond motifs is 1. The number of amides is 1. The second kappa shape index (κ2) is 5.55. The maximum Gasteiger partial charge on any atom is 0.253 e. The van der Waals surface area contributed by atoms with Crippen LogP contribution < -0.4 is 0 Å². The average Bonchev–Trinajstić information content (AvgIpc) is 3.25. The van der Waals surface area contributed by atoms with Gasteiger partial charge in [0.15, 0.2) is 0 Å². The lowest BCUT2D eigenvalue weighted by atomic mass is 10.0. The molecule has 1 aromatic carbocycles. The average molecular weight is 296 g/mol. The van der Waals surface area contributed by atoms with E-state index in [0.29, 0.717) is 0 Å². The predicted molar refractivity (Wildman–Crippen MR) is 82.7 cm³/mol. The van der Waals surface area contributed by atoms with Crippen molar-refractivity contribution < 1.29 is 4.79 Å². The molecule has 0 spiro atoms.